The largest absolute Gasteiger partial charge is 0.497 e. The molecule has 0 unspecified atom stereocenters. The summed E-state index contributed by atoms with van der Waals surface area (Å²) in [6.07, 6.45) is 4.71. The molecule has 0 fully saturated rings. The molecule has 188 valence electrons. The first-order valence-electron chi connectivity index (χ1n) is 11.9. The van der Waals surface area contributed by atoms with Crippen LogP contribution in [0.5, 0.6) is 11.5 Å². The Bertz CT molecular complexity index is 1180. The van der Waals surface area contributed by atoms with Crippen LogP contribution >= 0.6 is 0 Å². The summed E-state index contributed by atoms with van der Waals surface area (Å²) in [7, 11) is 3.25. The van der Waals surface area contributed by atoms with Gasteiger partial charge in [-0.25, -0.2) is 5.84 Å². The number of hydrazine groups is 1. The van der Waals surface area contributed by atoms with Crippen LogP contribution in [0.15, 0.2) is 84.4 Å². The Morgan fingerprint density at radius 2 is 1.47 bits per heavy atom. The van der Waals surface area contributed by atoms with Crippen molar-refractivity contribution in [1.29, 1.82) is 0 Å². The van der Waals surface area contributed by atoms with Crippen molar-refractivity contribution in [2.45, 2.75) is 26.7 Å². The van der Waals surface area contributed by atoms with Crippen molar-refractivity contribution >= 4 is 23.4 Å². The molecule has 0 saturated carbocycles. The standard InChI is InChI=1S/C30H34N2O4/c1-5-36-29(33)21-25(8-6-7-23-11-9-22(2)10-12-23)30(24-13-17-27(34-3)18-14-24)32(31)26-15-19-28(35-4)20-16-26/h6-7,9-20H,5,8,21,31H2,1-4H3/b7-6-,30-25+. The predicted molar refractivity (Wildman–Crippen MR) is 146 cm³/mol. The summed E-state index contributed by atoms with van der Waals surface area (Å²) in [6, 6.07) is 23.4. The maximum atomic E-state index is 12.6. The number of hydrogen-bond acceptors (Lipinski definition) is 6. The van der Waals surface area contributed by atoms with Gasteiger partial charge >= 0.3 is 5.97 Å². The van der Waals surface area contributed by atoms with Crippen molar-refractivity contribution in [3.8, 4) is 11.5 Å². The number of anilines is 1. The molecule has 2 N–H and O–H groups in total. The third-order valence-corrected chi connectivity index (χ3v) is 5.70. The molecule has 0 aromatic heterocycles. The van der Waals surface area contributed by atoms with Crippen LogP contribution < -0.4 is 20.3 Å². The number of nitrogens with zero attached hydrogens (tertiary/aromatic N) is 1. The van der Waals surface area contributed by atoms with E-state index in [9.17, 15) is 4.79 Å². The second-order valence-electron chi connectivity index (χ2n) is 8.25. The van der Waals surface area contributed by atoms with Crippen LogP contribution in [0.25, 0.3) is 11.8 Å². The monoisotopic (exact) mass is 486 g/mol. The Hall–Kier alpha value is -4.03. The van der Waals surface area contributed by atoms with Gasteiger partial charge in [-0.1, -0.05) is 42.0 Å². The quantitative estimate of drug-likeness (QED) is 0.199. The average molecular weight is 487 g/mol. The molecule has 3 rings (SSSR count). The van der Waals surface area contributed by atoms with E-state index in [4.69, 9.17) is 20.1 Å². The fourth-order valence-electron chi connectivity index (χ4n) is 3.79. The van der Waals surface area contributed by atoms with E-state index < -0.39 is 0 Å². The van der Waals surface area contributed by atoms with Gasteiger partial charge in [-0.05, 0) is 85.5 Å². The number of esters is 1. The van der Waals surface area contributed by atoms with Gasteiger partial charge in [0.1, 0.15) is 11.5 Å². The minimum absolute atomic E-state index is 0.108. The summed E-state index contributed by atoms with van der Waals surface area (Å²) in [4.78, 5) is 12.6. The lowest BCUT2D eigenvalue weighted by Gasteiger charge is -2.26. The number of carbonyl (C=O) groups excluding carboxylic acids is 1. The number of nitrogens with two attached hydrogens (primary N) is 1. The molecule has 0 saturated heterocycles. The number of rotatable bonds is 11. The van der Waals surface area contributed by atoms with Gasteiger partial charge in [0.2, 0.25) is 0 Å². The third kappa shape index (κ3) is 7.23. The van der Waals surface area contributed by atoms with Crippen LogP contribution in [0.1, 0.15) is 36.5 Å². The summed E-state index contributed by atoms with van der Waals surface area (Å²) in [5.41, 5.74) is 5.46. The van der Waals surface area contributed by atoms with Gasteiger partial charge in [0.05, 0.1) is 38.6 Å². The van der Waals surface area contributed by atoms with E-state index in [1.807, 2.05) is 60.7 Å². The van der Waals surface area contributed by atoms with E-state index in [0.717, 1.165) is 39.6 Å². The number of aryl methyl sites for hydroxylation is 1. The second kappa shape index (κ2) is 13.2. The highest BCUT2D eigenvalue weighted by atomic mass is 16.5. The minimum atomic E-state index is -0.301. The molecule has 3 aromatic carbocycles. The summed E-state index contributed by atoms with van der Waals surface area (Å²) in [5.74, 6) is 7.88. The Morgan fingerprint density at radius 1 is 0.889 bits per heavy atom. The smallest absolute Gasteiger partial charge is 0.310 e. The number of hydrogen-bond donors (Lipinski definition) is 1. The first-order valence-corrected chi connectivity index (χ1v) is 11.9. The van der Waals surface area contributed by atoms with Gasteiger partial charge in [0.25, 0.3) is 0 Å². The molecule has 0 atom stereocenters. The lowest BCUT2D eigenvalue weighted by Crippen LogP contribution is -2.30. The maximum absolute atomic E-state index is 12.6. The van der Waals surface area contributed by atoms with E-state index in [1.54, 1.807) is 26.2 Å². The van der Waals surface area contributed by atoms with E-state index in [1.165, 1.54) is 5.56 Å². The highest BCUT2D eigenvalue weighted by Gasteiger charge is 2.19. The molecule has 36 heavy (non-hydrogen) atoms. The average Bonchev–Trinajstić information content (AvgIpc) is 2.90. The molecule has 0 aliphatic carbocycles. The zero-order valence-corrected chi connectivity index (χ0v) is 21.4. The van der Waals surface area contributed by atoms with E-state index in [-0.39, 0.29) is 12.4 Å². The van der Waals surface area contributed by atoms with Gasteiger partial charge in [0.15, 0.2) is 0 Å². The molecule has 0 aliphatic rings. The minimum Gasteiger partial charge on any atom is -0.497 e. The molecule has 6 nitrogen and oxygen atoms in total. The maximum Gasteiger partial charge on any atom is 0.310 e. The van der Waals surface area contributed by atoms with Gasteiger partial charge in [-0.15, -0.1) is 0 Å². The van der Waals surface area contributed by atoms with E-state index in [2.05, 4.69) is 31.2 Å². The van der Waals surface area contributed by atoms with E-state index >= 15 is 0 Å². The number of allylic oxidation sites excluding steroid dienone is 1. The Labute approximate surface area is 213 Å². The Balaban J connectivity index is 2.08. The Kier molecular flexibility index (Phi) is 9.72. The zero-order valence-electron chi connectivity index (χ0n) is 21.4. The van der Waals surface area contributed by atoms with Crippen LogP contribution in [-0.2, 0) is 9.53 Å². The van der Waals surface area contributed by atoms with Crippen LogP contribution in [0, 0.1) is 6.92 Å². The van der Waals surface area contributed by atoms with Gasteiger partial charge in [0, 0.05) is 0 Å². The van der Waals surface area contributed by atoms with Crippen LogP contribution in [0.4, 0.5) is 5.69 Å². The van der Waals surface area contributed by atoms with Crippen molar-refractivity contribution in [3.63, 3.8) is 0 Å². The number of ether oxygens (including phenoxy) is 3. The predicted octanol–water partition coefficient (Wildman–Crippen LogP) is 6.16. The zero-order chi connectivity index (χ0) is 25.9. The summed E-state index contributed by atoms with van der Waals surface area (Å²) < 4.78 is 15.9. The van der Waals surface area contributed by atoms with Gasteiger partial charge in [-0.3, -0.25) is 9.80 Å². The van der Waals surface area contributed by atoms with Gasteiger partial charge in [-0.2, -0.15) is 0 Å². The SMILES string of the molecule is CCOC(=O)C/C(C/C=C\c1ccc(C)cc1)=C(\c1ccc(OC)cc1)N(N)c1ccc(OC)cc1. The fraction of sp³-hybridized carbons (Fsp3) is 0.233. The van der Waals surface area contributed by atoms with Crippen LogP contribution in [0.2, 0.25) is 0 Å². The molecule has 0 spiro atoms. The molecule has 0 amide bonds. The normalized spacial score (nSPS) is 11.7. The second-order valence-corrected chi connectivity index (χ2v) is 8.25. The number of benzene rings is 3. The van der Waals surface area contributed by atoms with Crippen molar-refractivity contribution in [2.75, 3.05) is 25.8 Å². The number of methoxy groups -OCH3 is 2. The first-order chi connectivity index (χ1) is 17.4. The van der Waals surface area contributed by atoms with Crippen LogP contribution in [-0.4, -0.2) is 26.8 Å². The first kappa shape index (κ1) is 26.6. The molecule has 0 radical (unpaired) electrons. The lowest BCUT2D eigenvalue weighted by molar-refractivity contribution is -0.142. The highest BCUT2D eigenvalue weighted by Crippen LogP contribution is 2.32. The molecule has 0 bridgehead atoms. The van der Waals surface area contributed by atoms with E-state index in [0.29, 0.717) is 13.0 Å². The molecule has 0 aliphatic heterocycles. The van der Waals surface area contributed by atoms with Crippen molar-refractivity contribution in [3.05, 3.63) is 101 Å². The molecular weight excluding hydrogens is 452 g/mol. The van der Waals surface area contributed by atoms with Crippen molar-refractivity contribution < 1.29 is 19.0 Å². The topological polar surface area (TPSA) is 74.0 Å². The Morgan fingerprint density at radius 3 is 2.03 bits per heavy atom. The van der Waals surface area contributed by atoms with Gasteiger partial charge < -0.3 is 14.2 Å². The molecular formula is C30H34N2O4. The number of carbonyl (C=O) groups is 1. The summed E-state index contributed by atoms with van der Waals surface area (Å²) in [6.45, 7) is 4.17. The molecule has 6 heteroatoms. The molecule has 3 aromatic rings. The van der Waals surface area contributed by atoms with Crippen molar-refractivity contribution in [1.82, 2.24) is 0 Å². The summed E-state index contributed by atoms with van der Waals surface area (Å²) in [5, 5.41) is 1.61. The van der Waals surface area contributed by atoms with Crippen LogP contribution in [0.3, 0.4) is 0 Å². The summed E-state index contributed by atoms with van der Waals surface area (Å²) >= 11 is 0. The van der Waals surface area contributed by atoms with Crippen molar-refractivity contribution in [2.24, 2.45) is 5.84 Å². The highest BCUT2D eigenvalue weighted by molar-refractivity contribution is 5.85. The lowest BCUT2D eigenvalue weighted by atomic mass is 9.99. The third-order valence-electron chi connectivity index (χ3n) is 5.70. The molecule has 0 heterocycles. The fourth-order valence-corrected chi connectivity index (χ4v) is 3.79.